The van der Waals surface area contributed by atoms with Crippen LogP contribution in [0.4, 0.5) is 0 Å². The van der Waals surface area contributed by atoms with Gasteiger partial charge in [-0.1, -0.05) is 18.2 Å². The van der Waals surface area contributed by atoms with Crippen molar-refractivity contribution in [3.63, 3.8) is 0 Å². The number of aliphatic hydroxyl groups is 1. The van der Waals surface area contributed by atoms with Crippen LogP contribution in [-0.4, -0.2) is 41.9 Å². The average molecular weight is 290 g/mol. The molecule has 1 amide bonds. The topological polar surface area (TPSA) is 63.5 Å². The molecule has 0 saturated carbocycles. The van der Waals surface area contributed by atoms with Crippen LogP contribution in [-0.2, 0) is 11.3 Å². The number of carbonyl (C=O) groups is 1. The molecule has 1 heterocycles. The lowest BCUT2D eigenvalue weighted by molar-refractivity contribution is 0.0587. The van der Waals surface area contributed by atoms with Crippen molar-refractivity contribution >= 4 is 16.8 Å². The fourth-order valence-electron chi connectivity index (χ4n) is 2.46. The number of methoxy groups -OCH3 is 1. The van der Waals surface area contributed by atoms with Gasteiger partial charge in [-0.05, 0) is 25.5 Å². The molecule has 0 aliphatic rings. The first-order valence-corrected chi connectivity index (χ1v) is 7.20. The molecule has 0 aliphatic carbocycles. The highest BCUT2D eigenvalue weighted by molar-refractivity contribution is 5.98. The zero-order valence-electron chi connectivity index (χ0n) is 12.5. The van der Waals surface area contributed by atoms with E-state index in [2.05, 4.69) is 5.32 Å². The zero-order valence-corrected chi connectivity index (χ0v) is 12.5. The molecule has 1 unspecified atom stereocenters. The SMILES string of the molecule is CCn1c(C(=O)NCCC(O)COC)cc2ccccc21. The first-order chi connectivity index (χ1) is 10.2. The van der Waals surface area contributed by atoms with E-state index in [-0.39, 0.29) is 12.5 Å². The van der Waals surface area contributed by atoms with Gasteiger partial charge in [0.15, 0.2) is 0 Å². The lowest BCUT2D eigenvalue weighted by Crippen LogP contribution is -2.29. The summed E-state index contributed by atoms with van der Waals surface area (Å²) in [4.78, 5) is 12.3. The van der Waals surface area contributed by atoms with Crippen molar-refractivity contribution in [3.05, 3.63) is 36.0 Å². The van der Waals surface area contributed by atoms with Crippen molar-refractivity contribution in [1.29, 1.82) is 0 Å². The Morgan fingerprint density at radius 1 is 1.43 bits per heavy atom. The van der Waals surface area contributed by atoms with Gasteiger partial charge in [0.1, 0.15) is 5.69 Å². The molecule has 0 fully saturated rings. The maximum Gasteiger partial charge on any atom is 0.267 e. The first-order valence-electron chi connectivity index (χ1n) is 7.20. The minimum atomic E-state index is -0.549. The Balaban J connectivity index is 2.05. The highest BCUT2D eigenvalue weighted by Gasteiger charge is 2.14. The number of carbonyl (C=O) groups excluding carboxylic acids is 1. The number of rotatable bonds is 7. The Kier molecular flexibility index (Phi) is 5.36. The predicted molar refractivity (Wildman–Crippen MR) is 82.4 cm³/mol. The molecule has 2 rings (SSSR count). The summed E-state index contributed by atoms with van der Waals surface area (Å²) in [5.41, 5.74) is 1.71. The molecule has 0 spiro atoms. The molecule has 5 heteroatoms. The second-order valence-electron chi connectivity index (χ2n) is 4.99. The first kappa shape index (κ1) is 15.5. The highest BCUT2D eigenvalue weighted by atomic mass is 16.5. The summed E-state index contributed by atoms with van der Waals surface area (Å²) in [6.45, 7) is 3.47. The Labute approximate surface area is 124 Å². The molecule has 1 aromatic carbocycles. The van der Waals surface area contributed by atoms with Crippen molar-refractivity contribution in [2.24, 2.45) is 0 Å². The Morgan fingerprint density at radius 2 is 2.19 bits per heavy atom. The number of para-hydroxylation sites is 1. The lowest BCUT2D eigenvalue weighted by Gasteiger charge is -2.11. The van der Waals surface area contributed by atoms with Crippen molar-refractivity contribution < 1.29 is 14.6 Å². The predicted octanol–water partition coefficient (Wildman–Crippen LogP) is 1.79. The number of aromatic nitrogens is 1. The summed E-state index contributed by atoms with van der Waals surface area (Å²) in [6.07, 6.45) is -0.0707. The minimum absolute atomic E-state index is 0.113. The van der Waals surface area contributed by atoms with Crippen LogP contribution in [0.1, 0.15) is 23.8 Å². The maximum atomic E-state index is 12.3. The van der Waals surface area contributed by atoms with Gasteiger partial charge in [-0.15, -0.1) is 0 Å². The molecule has 0 radical (unpaired) electrons. The average Bonchev–Trinajstić information content (AvgIpc) is 2.86. The number of benzene rings is 1. The summed E-state index contributed by atoms with van der Waals surface area (Å²) >= 11 is 0. The summed E-state index contributed by atoms with van der Waals surface area (Å²) in [7, 11) is 1.54. The summed E-state index contributed by atoms with van der Waals surface area (Å²) in [6, 6.07) is 9.85. The van der Waals surface area contributed by atoms with E-state index in [1.807, 2.05) is 41.8 Å². The van der Waals surface area contributed by atoms with E-state index in [0.717, 1.165) is 17.4 Å². The van der Waals surface area contributed by atoms with E-state index in [9.17, 15) is 9.90 Å². The van der Waals surface area contributed by atoms with Crippen molar-refractivity contribution in [2.75, 3.05) is 20.3 Å². The smallest absolute Gasteiger partial charge is 0.267 e. The van der Waals surface area contributed by atoms with Crippen molar-refractivity contribution in [2.45, 2.75) is 26.0 Å². The number of nitrogens with zero attached hydrogens (tertiary/aromatic N) is 1. The van der Waals surface area contributed by atoms with Crippen LogP contribution in [0, 0.1) is 0 Å². The number of hydrogen-bond donors (Lipinski definition) is 2. The number of ether oxygens (including phenoxy) is 1. The number of hydrogen-bond acceptors (Lipinski definition) is 3. The van der Waals surface area contributed by atoms with Crippen LogP contribution in [0.25, 0.3) is 10.9 Å². The normalized spacial score (nSPS) is 12.5. The molecule has 1 aromatic heterocycles. The molecule has 114 valence electrons. The Hall–Kier alpha value is -1.85. The van der Waals surface area contributed by atoms with Gasteiger partial charge in [0.25, 0.3) is 5.91 Å². The molecule has 0 bridgehead atoms. The summed E-state index contributed by atoms with van der Waals surface area (Å²) < 4.78 is 6.85. The van der Waals surface area contributed by atoms with E-state index in [4.69, 9.17) is 4.74 Å². The lowest BCUT2D eigenvalue weighted by atomic mass is 10.2. The van der Waals surface area contributed by atoms with Gasteiger partial charge in [0.2, 0.25) is 0 Å². The third kappa shape index (κ3) is 3.62. The van der Waals surface area contributed by atoms with Gasteiger partial charge in [0.05, 0.1) is 12.7 Å². The number of amides is 1. The third-order valence-electron chi connectivity index (χ3n) is 3.48. The fraction of sp³-hybridized carbons (Fsp3) is 0.438. The van der Waals surface area contributed by atoms with Crippen LogP contribution >= 0.6 is 0 Å². The van der Waals surface area contributed by atoms with Crippen LogP contribution in [0.15, 0.2) is 30.3 Å². The van der Waals surface area contributed by atoms with Gasteiger partial charge in [-0.3, -0.25) is 4.79 Å². The van der Waals surface area contributed by atoms with Crippen molar-refractivity contribution in [1.82, 2.24) is 9.88 Å². The molecule has 5 nitrogen and oxygen atoms in total. The molecule has 2 N–H and O–H groups in total. The number of nitrogens with one attached hydrogen (secondary N) is 1. The van der Waals surface area contributed by atoms with Gasteiger partial charge in [0, 0.05) is 31.1 Å². The van der Waals surface area contributed by atoms with E-state index >= 15 is 0 Å². The molecular formula is C16H22N2O3. The van der Waals surface area contributed by atoms with Gasteiger partial charge in [-0.25, -0.2) is 0 Å². The second kappa shape index (κ2) is 7.24. The van der Waals surface area contributed by atoms with E-state index in [0.29, 0.717) is 18.7 Å². The second-order valence-corrected chi connectivity index (χ2v) is 4.99. The zero-order chi connectivity index (χ0) is 15.2. The number of fused-ring (bicyclic) bond motifs is 1. The Morgan fingerprint density at radius 3 is 2.90 bits per heavy atom. The fourth-order valence-corrected chi connectivity index (χ4v) is 2.46. The van der Waals surface area contributed by atoms with Crippen LogP contribution in [0.3, 0.4) is 0 Å². The van der Waals surface area contributed by atoms with Gasteiger partial charge in [-0.2, -0.15) is 0 Å². The van der Waals surface area contributed by atoms with Gasteiger partial charge < -0.3 is 19.7 Å². The third-order valence-corrected chi connectivity index (χ3v) is 3.48. The molecule has 21 heavy (non-hydrogen) atoms. The van der Waals surface area contributed by atoms with Crippen LogP contribution in [0.5, 0.6) is 0 Å². The van der Waals surface area contributed by atoms with E-state index < -0.39 is 6.10 Å². The Bertz CT molecular complexity index is 607. The molecule has 2 aromatic rings. The van der Waals surface area contributed by atoms with Crippen LogP contribution in [0.2, 0.25) is 0 Å². The maximum absolute atomic E-state index is 12.3. The highest BCUT2D eigenvalue weighted by Crippen LogP contribution is 2.19. The van der Waals surface area contributed by atoms with E-state index in [1.54, 1.807) is 7.11 Å². The van der Waals surface area contributed by atoms with E-state index in [1.165, 1.54) is 0 Å². The molecule has 1 atom stereocenters. The molecule has 0 aliphatic heterocycles. The minimum Gasteiger partial charge on any atom is -0.391 e. The monoisotopic (exact) mass is 290 g/mol. The summed E-state index contributed by atoms with van der Waals surface area (Å²) in [5.74, 6) is -0.113. The number of aliphatic hydroxyl groups excluding tert-OH is 1. The quantitative estimate of drug-likeness (QED) is 0.817. The van der Waals surface area contributed by atoms with Crippen molar-refractivity contribution in [3.8, 4) is 0 Å². The summed E-state index contributed by atoms with van der Waals surface area (Å²) in [5, 5.41) is 13.5. The molecular weight excluding hydrogens is 268 g/mol. The largest absolute Gasteiger partial charge is 0.391 e. The van der Waals surface area contributed by atoms with Gasteiger partial charge >= 0.3 is 0 Å². The standard InChI is InChI=1S/C16H22N2O3/c1-3-18-14-7-5-4-6-12(14)10-15(18)16(20)17-9-8-13(19)11-21-2/h4-7,10,13,19H,3,8-9,11H2,1-2H3,(H,17,20). The van der Waals surface area contributed by atoms with Crippen LogP contribution < -0.4 is 5.32 Å². The number of aryl methyl sites for hydroxylation is 1. The molecule has 0 saturated heterocycles.